The fourth-order valence-corrected chi connectivity index (χ4v) is 1.56. The van der Waals surface area contributed by atoms with Gasteiger partial charge in [0.2, 0.25) is 0 Å². The lowest BCUT2D eigenvalue weighted by atomic mass is 10.2. The number of halogens is 4. The largest absolute Gasteiger partial charge is 0.402 e. The summed E-state index contributed by atoms with van der Waals surface area (Å²) in [4.78, 5) is 0. The molecule has 0 aliphatic heterocycles. The average Bonchev–Trinajstić information content (AvgIpc) is 2.89. The average molecular weight is 352 g/mol. The van der Waals surface area contributed by atoms with Crippen LogP contribution in [0.4, 0.5) is 19.2 Å². The van der Waals surface area contributed by atoms with Crippen LogP contribution in [-0.4, -0.2) is 10.2 Å². The Morgan fingerprint density at radius 1 is 1.30 bits per heavy atom. The number of anilines is 1. The van der Waals surface area contributed by atoms with Crippen molar-refractivity contribution in [2.24, 2.45) is 0 Å². The first-order valence-electron chi connectivity index (χ1n) is 5.85. The second-order valence-electron chi connectivity index (χ2n) is 3.34. The van der Waals surface area contributed by atoms with E-state index in [-0.39, 0.29) is 12.6 Å². The number of aromatic nitrogens is 2. The van der Waals surface area contributed by atoms with Crippen LogP contribution in [0.2, 0.25) is 0 Å². The van der Waals surface area contributed by atoms with Crippen molar-refractivity contribution in [1.29, 1.82) is 0 Å². The minimum Gasteiger partial charge on any atom is -0.402 e. The molecule has 0 spiro atoms. The van der Waals surface area contributed by atoms with E-state index in [0.29, 0.717) is 10.0 Å². The fourth-order valence-electron chi connectivity index (χ4n) is 1.23. The topological polar surface area (TPSA) is 51.0 Å². The van der Waals surface area contributed by atoms with Gasteiger partial charge >= 0.3 is 12.4 Å². The zero-order valence-electron chi connectivity index (χ0n) is 10.8. The number of nitrogens with zero attached hydrogens (tertiary/aromatic N) is 2. The summed E-state index contributed by atoms with van der Waals surface area (Å²) in [6.45, 7) is 4.06. The second-order valence-corrected chi connectivity index (χ2v) is 4.25. The van der Waals surface area contributed by atoms with Crippen LogP contribution in [0.1, 0.15) is 31.7 Å². The molecule has 110 valence electrons. The number of hydrogen-bond donors (Lipinski definition) is 1. The summed E-state index contributed by atoms with van der Waals surface area (Å²) in [5.74, 6) is -1.20. The number of alkyl halides is 2. The molecule has 0 aliphatic rings. The van der Waals surface area contributed by atoms with Crippen LogP contribution in [0.3, 0.4) is 0 Å². The third-order valence-electron chi connectivity index (χ3n) is 2.07. The molecule has 2 rings (SSSR count). The Hall–Kier alpha value is -1.57. The molecule has 1 aromatic carbocycles. The molecule has 0 unspecified atom stereocenters. The number of rotatable bonds is 4. The molecule has 0 saturated heterocycles. The fraction of sp³-hybridized carbons (Fsp3) is 0.333. The minimum absolute atomic E-state index is 0.0595. The first kappa shape index (κ1) is 16.5. The van der Waals surface area contributed by atoms with Crippen LogP contribution in [0.5, 0.6) is 0 Å². The highest BCUT2D eigenvalue weighted by Crippen LogP contribution is 2.20. The maximum Gasteiger partial charge on any atom is 0.315 e. The van der Waals surface area contributed by atoms with Gasteiger partial charge in [0.1, 0.15) is 5.82 Å². The molecular weight excluding hydrogens is 339 g/mol. The van der Waals surface area contributed by atoms with Crippen molar-refractivity contribution in [3.8, 4) is 0 Å². The Kier molecular flexibility index (Phi) is 6.50. The molecule has 0 amide bonds. The third kappa shape index (κ3) is 4.52. The van der Waals surface area contributed by atoms with Gasteiger partial charge in [-0.3, -0.25) is 0 Å². The summed E-state index contributed by atoms with van der Waals surface area (Å²) in [6, 6.07) is 4.35. The van der Waals surface area contributed by atoms with E-state index >= 15 is 0 Å². The third-order valence-corrected chi connectivity index (χ3v) is 2.57. The van der Waals surface area contributed by atoms with Crippen LogP contribution >= 0.6 is 15.9 Å². The zero-order valence-corrected chi connectivity index (χ0v) is 12.4. The smallest absolute Gasteiger partial charge is 0.315 e. The van der Waals surface area contributed by atoms with Gasteiger partial charge in [0.05, 0.1) is 0 Å². The highest BCUT2D eigenvalue weighted by atomic mass is 79.9. The molecule has 0 radical (unpaired) electrons. The van der Waals surface area contributed by atoms with E-state index in [4.69, 9.17) is 0 Å². The summed E-state index contributed by atoms with van der Waals surface area (Å²) < 4.78 is 43.0. The highest BCUT2D eigenvalue weighted by molar-refractivity contribution is 9.10. The van der Waals surface area contributed by atoms with Gasteiger partial charge in [-0.2, -0.15) is 8.78 Å². The van der Waals surface area contributed by atoms with E-state index in [1.54, 1.807) is 12.1 Å². The lowest BCUT2D eigenvalue weighted by Crippen LogP contribution is -2.01. The molecule has 0 aliphatic carbocycles. The van der Waals surface area contributed by atoms with E-state index < -0.39 is 18.1 Å². The zero-order chi connectivity index (χ0) is 15.1. The quantitative estimate of drug-likeness (QED) is 0.877. The van der Waals surface area contributed by atoms with Crippen LogP contribution in [0, 0.1) is 5.82 Å². The lowest BCUT2D eigenvalue weighted by molar-refractivity contribution is 0.116. The van der Waals surface area contributed by atoms with Crippen molar-refractivity contribution in [3.63, 3.8) is 0 Å². The monoisotopic (exact) mass is 351 g/mol. The SMILES string of the molecule is CC.Fc1cc(Br)ccc1CNc1nnc(C(F)F)o1. The summed E-state index contributed by atoms with van der Waals surface area (Å²) in [6.07, 6.45) is -2.82. The minimum atomic E-state index is -2.82. The first-order valence-corrected chi connectivity index (χ1v) is 6.65. The standard InChI is InChI=1S/C10H7BrF3N3O.C2H6/c11-6-2-1-5(7(12)3-6)4-15-10-17-16-9(18-10)8(13)14;1-2/h1-3,8H,4H2,(H,15,17);1-2H3. The maximum atomic E-state index is 13.4. The maximum absolute atomic E-state index is 13.4. The molecule has 8 heteroatoms. The summed E-state index contributed by atoms with van der Waals surface area (Å²) in [5.41, 5.74) is 0.356. The van der Waals surface area contributed by atoms with Crippen LogP contribution < -0.4 is 5.32 Å². The van der Waals surface area contributed by atoms with Gasteiger partial charge in [0.25, 0.3) is 5.89 Å². The van der Waals surface area contributed by atoms with E-state index in [2.05, 4.69) is 35.9 Å². The molecule has 1 aromatic heterocycles. The normalized spacial score (nSPS) is 10.2. The molecule has 0 saturated carbocycles. The highest BCUT2D eigenvalue weighted by Gasteiger charge is 2.15. The summed E-state index contributed by atoms with van der Waals surface area (Å²) in [5, 5.41) is 9.06. The number of nitrogens with one attached hydrogen (secondary N) is 1. The second kappa shape index (κ2) is 7.88. The van der Waals surface area contributed by atoms with Crippen LogP contribution in [0.25, 0.3) is 0 Å². The van der Waals surface area contributed by atoms with E-state index in [1.165, 1.54) is 6.07 Å². The van der Waals surface area contributed by atoms with E-state index in [1.807, 2.05) is 13.8 Å². The Balaban J connectivity index is 0.000000956. The van der Waals surface area contributed by atoms with E-state index in [0.717, 1.165) is 0 Å². The Morgan fingerprint density at radius 2 is 2.00 bits per heavy atom. The molecule has 0 fully saturated rings. The molecule has 20 heavy (non-hydrogen) atoms. The van der Waals surface area contributed by atoms with Gasteiger partial charge in [-0.15, -0.1) is 5.10 Å². The summed E-state index contributed by atoms with van der Waals surface area (Å²) >= 11 is 3.13. The molecule has 4 nitrogen and oxygen atoms in total. The van der Waals surface area contributed by atoms with Gasteiger partial charge in [0, 0.05) is 16.6 Å². The van der Waals surface area contributed by atoms with Crippen molar-refractivity contribution in [2.75, 3.05) is 5.32 Å². The number of hydrogen-bond acceptors (Lipinski definition) is 4. The Bertz CT molecular complexity index is 548. The van der Waals surface area contributed by atoms with Crippen LogP contribution in [0.15, 0.2) is 27.1 Å². The molecule has 1 N–H and O–H groups in total. The summed E-state index contributed by atoms with van der Waals surface area (Å²) in [7, 11) is 0. The van der Waals surface area contributed by atoms with Gasteiger partial charge < -0.3 is 9.73 Å². The predicted molar refractivity (Wildman–Crippen MR) is 72.0 cm³/mol. The van der Waals surface area contributed by atoms with Gasteiger partial charge in [-0.25, -0.2) is 4.39 Å². The van der Waals surface area contributed by atoms with Gasteiger partial charge in [-0.1, -0.05) is 40.9 Å². The van der Waals surface area contributed by atoms with Gasteiger partial charge in [0.15, 0.2) is 0 Å². The molecule has 0 atom stereocenters. The predicted octanol–water partition coefficient (Wildman–Crippen LogP) is 4.55. The van der Waals surface area contributed by atoms with Crippen molar-refractivity contribution in [1.82, 2.24) is 10.2 Å². The van der Waals surface area contributed by atoms with Crippen molar-refractivity contribution in [3.05, 3.63) is 39.9 Å². The molecule has 1 heterocycles. The number of benzene rings is 1. The lowest BCUT2D eigenvalue weighted by Gasteiger charge is -2.03. The molecule has 2 aromatic rings. The van der Waals surface area contributed by atoms with Crippen molar-refractivity contribution >= 4 is 21.9 Å². The molecular formula is C12H13BrF3N3O. The van der Waals surface area contributed by atoms with Crippen LogP contribution in [-0.2, 0) is 6.54 Å². The van der Waals surface area contributed by atoms with Crippen molar-refractivity contribution < 1.29 is 17.6 Å². The Labute approximate surface area is 122 Å². The van der Waals surface area contributed by atoms with Crippen molar-refractivity contribution in [2.45, 2.75) is 26.8 Å². The first-order chi connectivity index (χ1) is 9.56. The van der Waals surface area contributed by atoms with Gasteiger partial charge in [-0.05, 0) is 12.1 Å². The van der Waals surface area contributed by atoms with E-state index in [9.17, 15) is 13.2 Å². The Morgan fingerprint density at radius 3 is 2.55 bits per heavy atom. The molecule has 0 bridgehead atoms.